The second kappa shape index (κ2) is 6.07. The molecule has 0 radical (unpaired) electrons. The zero-order valence-electron chi connectivity index (χ0n) is 9.69. The first-order valence-electron chi connectivity index (χ1n) is 4.87. The first-order valence-corrected chi connectivity index (χ1v) is 6.48. The van der Waals surface area contributed by atoms with Crippen LogP contribution < -0.4 is 0 Å². The Morgan fingerprint density at radius 3 is 2.40 bits per heavy atom. The predicted octanol–water partition coefficient (Wildman–Crippen LogP) is 0.467. The number of nitrogens with zero attached hydrogens (tertiary/aromatic N) is 1. The van der Waals surface area contributed by atoms with E-state index in [-0.39, 0.29) is 12.3 Å². The van der Waals surface area contributed by atoms with E-state index >= 15 is 0 Å². The monoisotopic (exact) mass is 237 g/mol. The Kier molecular flexibility index (Phi) is 5.82. The molecule has 0 amide bonds. The summed E-state index contributed by atoms with van der Waals surface area (Å²) in [5.41, 5.74) is 0. The summed E-state index contributed by atoms with van der Waals surface area (Å²) in [6, 6.07) is 0. The molecule has 0 aromatic heterocycles. The maximum absolute atomic E-state index is 11.6. The average Bonchev–Trinajstić information content (AvgIpc) is 2.16. The number of esters is 1. The standard InChI is InChI=1S/C9H19NO4S/c1-5-6-15(12,13)10(3)7-8(2)9(11)14-4/h8H,5-7H2,1-4H3. The highest BCUT2D eigenvalue weighted by Gasteiger charge is 2.22. The molecule has 0 aromatic carbocycles. The number of hydrogen-bond donors (Lipinski definition) is 0. The van der Waals surface area contributed by atoms with E-state index in [4.69, 9.17) is 0 Å². The molecule has 0 saturated heterocycles. The number of carbonyl (C=O) groups excluding carboxylic acids is 1. The number of carbonyl (C=O) groups is 1. The third-order valence-corrected chi connectivity index (χ3v) is 4.09. The fourth-order valence-corrected chi connectivity index (χ4v) is 2.47. The van der Waals surface area contributed by atoms with E-state index in [0.29, 0.717) is 6.42 Å². The molecule has 90 valence electrons. The summed E-state index contributed by atoms with van der Waals surface area (Å²) in [7, 11) is -0.454. The fraction of sp³-hybridized carbons (Fsp3) is 0.889. The van der Waals surface area contributed by atoms with Gasteiger partial charge in [-0.05, 0) is 6.42 Å². The van der Waals surface area contributed by atoms with Gasteiger partial charge in [0, 0.05) is 13.6 Å². The van der Waals surface area contributed by atoms with Crippen LogP contribution in [0.1, 0.15) is 20.3 Å². The van der Waals surface area contributed by atoms with Gasteiger partial charge in [0.2, 0.25) is 10.0 Å². The molecular formula is C9H19NO4S. The number of rotatable bonds is 6. The van der Waals surface area contributed by atoms with Crippen molar-refractivity contribution in [1.29, 1.82) is 0 Å². The fourth-order valence-electron chi connectivity index (χ4n) is 1.19. The lowest BCUT2D eigenvalue weighted by atomic mass is 10.2. The molecule has 6 heteroatoms. The van der Waals surface area contributed by atoms with Gasteiger partial charge in [-0.2, -0.15) is 0 Å². The van der Waals surface area contributed by atoms with E-state index in [2.05, 4.69) is 4.74 Å². The molecule has 1 unspecified atom stereocenters. The van der Waals surface area contributed by atoms with E-state index in [9.17, 15) is 13.2 Å². The molecule has 1 atom stereocenters. The van der Waals surface area contributed by atoms with Crippen molar-refractivity contribution < 1.29 is 17.9 Å². The van der Waals surface area contributed by atoms with E-state index in [1.54, 1.807) is 13.8 Å². The van der Waals surface area contributed by atoms with E-state index in [0.717, 1.165) is 0 Å². The Labute approximate surface area is 91.5 Å². The minimum Gasteiger partial charge on any atom is -0.469 e. The summed E-state index contributed by atoms with van der Waals surface area (Å²) < 4.78 is 28.8. The van der Waals surface area contributed by atoms with Gasteiger partial charge in [-0.1, -0.05) is 13.8 Å². The maximum Gasteiger partial charge on any atom is 0.309 e. The molecule has 0 aliphatic heterocycles. The minimum absolute atomic E-state index is 0.109. The Morgan fingerprint density at radius 1 is 1.47 bits per heavy atom. The third-order valence-electron chi connectivity index (χ3n) is 2.07. The SMILES string of the molecule is CCCS(=O)(=O)N(C)CC(C)C(=O)OC. The van der Waals surface area contributed by atoms with Crippen molar-refractivity contribution in [2.75, 3.05) is 26.5 Å². The average molecular weight is 237 g/mol. The first kappa shape index (κ1) is 14.4. The van der Waals surface area contributed by atoms with Crippen molar-refractivity contribution in [3.8, 4) is 0 Å². The minimum atomic E-state index is -3.22. The van der Waals surface area contributed by atoms with Gasteiger partial charge in [-0.15, -0.1) is 0 Å². The second-order valence-corrected chi connectivity index (χ2v) is 5.72. The predicted molar refractivity (Wildman–Crippen MR) is 57.9 cm³/mol. The molecule has 0 heterocycles. The van der Waals surface area contributed by atoms with Crippen LogP contribution in [0.3, 0.4) is 0 Å². The zero-order valence-corrected chi connectivity index (χ0v) is 10.5. The number of sulfonamides is 1. The van der Waals surface area contributed by atoms with Crippen molar-refractivity contribution in [1.82, 2.24) is 4.31 Å². The summed E-state index contributed by atoms with van der Waals surface area (Å²) in [6.07, 6.45) is 0.569. The Bertz CT molecular complexity index is 299. The topological polar surface area (TPSA) is 63.7 Å². The molecule has 0 spiro atoms. The highest BCUT2D eigenvalue weighted by atomic mass is 32.2. The molecule has 0 saturated carbocycles. The summed E-state index contributed by atoms with van der Waals surface area (Å²) in [6.45, 7) is 3.61. The first-order chi connectivity index (χ1) is 6.85. The van der Waals surface area contributed by atoms with Crippen LogP contribution in [0.2, 0.25) is 0 Å². The van der Waals surface area contributed by atoms with Gasteiger partial charge >= 0.3 is 5.97 Å². The summed E-state index contributed by atoms with van der Waals surface area (Å²) >= 11 is 0. The lowest BCUT2D eigenvalue weighted by Gasteiger charge is -2.19. The van der Waals surface area contributed by atoms with Crippen LogP contribution in [0.25, 0.3) is 0 Å². The smallest absolute Gasteiger partial charge is 0.309 e. The van der Waals surface area contributed by atoms with Gasteiger partial charge in [0.05, 0.1) is 18.8 Å². The molecule has 0 aromatic rings. The van der Waals surface area contributed by atoms with Gasteiger partial charge in [-0.25, -0.2) is 12.7 Å². The van der Waals surface area contributed by atoms with Crippen molar-refractivity contribution in [3.05, 3.63) is 0 Å². The highest BCUT2D eigenvalue weighted by Crippen LogP contribution is 2.06. The van der Waals surface area contributed by atoms with Crippen molar-refractivity contribution in [2.45, 2.75) is 20.3 Å². The van der Waals surface area contributed by atoms with Crippen LogP contribution in [0.15, 0.2) is 0 Å². The molecule has 0 aliphatic rings. The number of ether oxygens (including phenoxy) is 1. The molecule has 5 nitrogen and oxygen atoms in total. The van der Waals surface area contributed by atoms with E-state index in [1.807, 2.05) is 0 Å². The lowest BCUT2D eigenvalue weighted by molar-refractivity contribution is -0.144. The van der Waals surface area contributed by atoms with Gasteiger partial charge in [-0.3, -0.25) is 4.79 Å². The largest absolute Gasteiger partial charge is 0.469 e. The highest BCUT2D eigenvalue weighted by molar-refractivity contribution is 7.89. The lowest BCUT2D eigenvalue weighted by Crippen LogP contribution is -2.35. The van der Waals surface area contributed by atoms with Crippen LogP contribution in [0.4, 0.5) is 0 Å². The molecule has 0 fully saturated rings. The normalized spacial score (nSPS) is 13.9. The van der Waals surface area contributed by atoms with Crippen molar-refractivity contribution >= 4 is 16.0 Å². The van der Waals surface area contributed by atoms with Crippen LogP contribution in [0.5, 0.6) is 0 Å². The number of hydrogen-bond acceptors (Lipinski definition) is 4. The van der Waals surface area contributed by atoms with Crippen molar-refractivity contribution in [2.24, 2.45) is 5.92 Å². The van der Waals surface area contributed by atoms with Crippen LogP contribution in [-0.4, -0.2) is 45.1 Å². The molecule has 15 heavy (non-hydrogen) atoms. The number of methoxy groups -OCH3 is 1. The van der Waals surface area contributed by atoms with Crippen LogP contribution >= 0.6 is 0 Å². The molecule has 0 N–H and O–H groups in total. The Balaban J connectivity index is 4.36. The molecule has 0 rings (SSSR count). The quantitative estimate of drug-likeness (QED) is 0.630. The van der Waals surface area contributed by atoms with Gasteiger partial charge in [0.1, 0.15) is 0 Å². The summed E-state index contributed by atoms with van der Waals surface area (Å²) in [5, 5.41) is 0. The van der Waals surface area contributed by atoms with E-state index in [1.165, 1.54) is 18.5 Å². The Morgan fingerprint density at radius 2 is 2.00 bits per heavy atom. The zero-order chi connectivity index (χ0) is 12.1. The van der Waals surface area contributed by atoms with Crippen molar-refractivity contribution in [3.63, 3.8) is 0 Å². The summed E-state index contributed by atoms with van der Waals surface area (Å²) in [5.74, 6) is -0.725. The molecule has 0 bridgehead atoms. The van der Waals surface area contributed by atoms with Crippen LogP contribution in [-0.2, 0) is 19.6 Å². The Hall–Kier alpha value is -0.620. The maximum atomic E-state index is 11.6. The van der Waals surface area contributed by atoms with E-state index < -0.39 is 21.9 Å². The van der Waals surface area contributed by atoms with Gasteiger partial charge < -0.3 is 4.74 Å². The summed E-state index contributed by atoms with van der Waals surface area (Å²) in [4.78, 5) is 11.1. The van der Waals surface area contributed by atoms with Crippen LogP contribution in [0, 0.1) is 5.92 Å². The molecule has 0 aliphatic carbocycles. The van der Waals surface area contributed by atoms with Gasteiger partial charge in [0.15, 0.2) is 0 Å². The van der Waals surface area contributed by atoms with Gasteiger partial charge in [0.25, 0.3) is 0 Å². The molecular weight excluding hydrogens is 218 g/mol. The third kappa shape index (κ3) is 4.61. The second-order valence-electron chi connectivity index (χ2n) is 3.52.